The Morgan fingerprint density at radius 3 is 2.75 bits per heavy atom. The first-order valence-corrected chi connectivity index (χ1v) is 6.59. The van der Waals surface area contributed by atoms with Crippen LogP contribution in [-0.2, 0) is 9.59 Å². The van der Waals surface area contributed by atoms with Crippen LogP contribution in [0.4, 0.5) is 0 Å². The first-order chi connectivity index (χ1) is 9.65. The fraction of sp³-hybridized carbons (Fsp3) is 0.267. The zero-order chi connectivity index (χ0) is 14.1. The highest BCUT2D eigenvalue weighted by molar-refractivity contribution is 5.99. The summed E-state index contributed by atoms with van der Waals surface area (Å²) in [6.07, 6.45) is 3.95. The Hall–Kier alpha value is -2.43. The summed E-state index contributed by atoms with van der Waals surface area (Å²) in [5.41, 5.74) is 1.88. The van der Waals surface area contributed by atoms with Crippen molar-refractivity contribution in [1.29, 1.82) is 0 Å². The molecule has 5 nitrogen and oxygen atoms in total. The van der Waals surface area contributed by atoms with E-state index in [0.717, 1.165) is 11.3 Å². The molecule has 0 spiro atoms. The van der Waals surface area contributed by atoms with Gasteiger partial charge in [-0.3, -0.25) is 14.9 Å². The van der Waals surface area contributed by atoms with E-state index < -0.39 is 0 Å². The van der Waals surface area contributed by atoms with Crippen molar-refractivity contribution in [2.24, 2.45) is 5.92 Å². The number of aromatic nitrogens is 2. The number of amides is 2. The fourth-order valence-corrected chi connectivity index (χ4v) is 2.52. The quantitative estimate of drug-likeness (QED) is 0.843. The molecule has 2 heterocycles. The van der Waals surface area contributed by atoms with E-state index in [2.05, 4.69) is 10.4 Å². The topological polar surface area (TPSA) is 64.0 Å². The van der Waals surface area contributed by atoms with Gasteiger partial charge in [0.2, 0.25) is 11.8 Å². The maximum absolute atomic E-state index is 11.7. The molecule has 1 saturated heterocycles. The summed E-state index contributed by atoms with van der Waals surface area (Å²) in [5, 5.41) is 6.68. The third-order valence-electron chi connectivity index (χ3n) is 3.74. The Morgan fingerprint density at radius 2 is 2.00 bits per heavy atom. The second-order valence-corrected chi connectivity index (χ2v) is 5.07. The molecule has 1 fully saturated rings. The average Bonchev–Trinajstić information content (AvgIpc) is 2.93. The van der Waals surface area contributed by atoms with Crippen molar-refractivity contribution in [1.82, 2.24) is 15.1 Å². The van der Waals surface area contributed by atoms with E-state index in [-0.39, 0.29) is 23.7 Å². The van der Waals surface area contributed by atoms with Crippen LogP contribution < -0.4 is 5.32 Å². The number of nitrogens with zero attached hydrogens (tertiary/aromatic N) is 2. The molecule has 1 aromatic carbocycles. The molecule has 20 heavy (non-hydrogen) atoms. The van der Waals surface area contributed by atoms with E-state index >= 15 is 0 Å². The van der Waals surface area contributed by atoms with Crippen LogP contribution in [0.15, 0.2) is 42.7 Å². The van der Waals surface area contributed by atoms with E-state index in [1.165, 1.54) is 0 Å². The number of imide groups is 1. The Labute approximate surface area is 116 Å². The van der Waals surface area contributed by atoms with Crippen LogP contribution in [0.1, 0.15) is 24.8 Å². The number of nitrogens with one attached hydrogen (secondary N) is 1. The Morgan fingerprint density at radius 1 is 1.25 bits per heavy atom. The summed E-state index contributed by atoms with van der Waals surface area (Å²) < 4.78 is 1.76. The van der Waals surface area contributed by atoms with Crippen LogP contribution in [0.2, 0.25) is 0 Å². The molecule has 2 atom stereocenters. The van der Waals surface area contributed by atoms with E-state index in [1.54, 1.807) is 10.9 Å². The molecule has 1 aliphatic heterocycles. The van der Waals surface area contributed by atoms with Crippen molar-refractivity contribution in [3.05, 3.63) is 48.3 Å². The lowest BCUT2D eigenvalue weighted by atomic mass is 9.83. The fourth-order valence-electron chi connectivity index (χ4n) is 2.52. The van der Waals surface area contributed by atoms with Gasteiger partial charge in [0.05, 0.1) is 11.9 Å². The third kappa shape index (κ3) is 2.22. The van der Waals surface area contributed by atoms with Gasteiger partial charge in [-0.2, -0.15) is 5.10 Å². The number of piperidine rings is 1. The van der Waals surface area contributed by atoms with Crippen LogP contribution in [0.3, 0.4) is 0 Å². The lowest BCUT2D eigenvalue weighted by Crippen LogP contribution is -2.43. The van der Waals surface area contributed by atoms with Crippen molar-refractivity contribution in [3.63, 3.8) is 0 Å². The number of hydrogen-bond acceptors (Lipinski definition) is 3. The monoisotopic (exact) mass is 269 g/mol. The van der Waals surface area contributed by atoms with Crippen molar-refractivity contribution < 1.29 is 9.59 Å². The van der Waals surface area contributed by atoms with Crippen LogP contribution in [-0.4, -0.2) is 21.6 Å². The molecular formula is C15H15N3O2. The third-order valence-corrected chi connectivity index (χ3v) is 3.74. The lowest BCUT2D eigenvalue weighted by molar-refractivity contribution is -0.136. The van der Waals surface area contributed by atoms with Crippen LogP contribution in [0, 0.1) is 5.92 Å². The molecule has 102 valence electrons. The summed E-state index contributed by atoms with van der Waals surface area (Å²) in [7, 11) is 0. The van der Waals surface area contributed by atoms with Crippen LogP contribution in [0.25, 0.3) is 5.69 Å². The number of para-hydroxylation sites is 1. The minimum absolute atomic E-state index is 0.103. The smallest absolute Gasteiger partial charge is 0.230 e. The summed E-state index contributed by atoms with van der Waals surface area (Å²) in [4.78, 5) is 23.2. The maximum atomic E-state index is 11.7. The molecule has 1 aliphatic rings. The highest BCUT2D eigenvalue weighted by atomic mass is 16.2. The molecular weight excluding hydrogens is 254 g/mol. The molecule has 1 N–H and O–H groups in total. The van der Waals surface area contributed by atoms with Gasteiger partial charge in [0.15, 0.2) is 0 Å². The predicted octanol–water partition coefficient (Wildman–Crippen LogP) is 1.64. The van der Waals surface area contributed by atoms with Gasteiger partial charge in [-0.1, -0.05) is 25.1 Å². The Balaban J connectivity index is 1.90. The summed E-state index contributed by atoms with van der Waals surface area (Å²) in [5.74, 6) is -0.751. The number of rotatable bonds is 2. The first-order valence-electron chi connectivity index (χ1n) is 6.59. The largest absolute Gasteiger partial charge is 0.296 e. The van der Waals surface area contributed by atoms with E-state index in [1.807, 2.05) is 43.5 Å². The minimum atomic E-state index is -0.221. The summed E-state index contributed by atoms with van der Waals surface area (Å²) >= 11 is 0. The van der Waals surface area contributed by atoms with Crippen LogP contribution >= 0.6 is 0 Å². The highest BCUT2D eigenvalue weighted by Crippen LogP contribution is 2.31. The van der Waals surface area contributed by atoms with Gasteiger partial charge in [0.1, 0.15) is 0 Å². The number of hydrogen-bond donors (Lipinski definition) is 1. The normalized spacial score (nSPS) is 22.6. The molecule has 0 aliphatic carbocycles. The standard InChI is InChI=1S/C15H15N3O2/c1-10-13(7-14(19)17-15(10)20)11-8-16-18(9-11)12-5-3-2-4-6-12/h2-6,8-10,13H,7H2,1H3,(H,17,19,20). The van der Waals surface area contributed by atoms with Gasteiger partial charge in [-0.05, 0) is 17.7 Å². The number of carbonyl (C=O) groups excluding carboxylic acids is 2. The van der Waals surface area contributed by atoms with E-state index in [9.17, 15) is 9.59 Å². The first kappa shape index (κ1) is 12.6. The molecule has 2 amide bonds. The molecule has 5 heteroatoms. The second-order valence-electron chi connectivity index (χ2n) is 5.07. The highest BCUT2D eigenvalue weighted by Gasteiger charge is 2.34. The van der Waals surface area contributed by atoms with E-state index in [4.69, 9.17) is 0 Å². The summed E-state index contributed by atoms with van der Waals surface area (Å²) in [6, 6.07) is 9.74. The van der Waals surface area contributed by atoms with Gasteiger partial charge in [0.25, 0.3) is 0 Å². The Bertz CT molecular complexity index is 648. The molecule has 3 rings (SSSR count). The molecule has 1 aromatic heterocycles. The van der Waals surface area contributed by atoms with Gasteiger partial charge >= 0.3 is 0 Å². The molecule has 0 radical (unpaired) electrons. The van der Waals surface area contributed by atoms with Gasteiger partial charge in [0, 0.05) is 24.5 Å². The second kappa shape index (κ2) is 4.92. The van der Waals surface area contributed by atoms with Crippen molar-refractivity contribution in [2.45, 2.75) is 19.3 Å². The lowest BCUT2D eigenvalue weighted by Gasteiger charge is -2.26. The number of carbonyl (C=O) groups is 2. The van der Waals surface area contributed by atoms with Gasteiger partial charge in [-0.15, -0.1) is 0 Å². The number of benzene rings is 1. The predicted molar refractivity (Wildman–Crippen MR) is 73.2 cm³/mol. The molecule has 2 unspecified atom stereocenters. The van der Waals surface area contributed by atoms with Crippen molar-refractivity contribution in [3.8, 4) is 5.69 Å². The van der Waals surface area contributed by atoms with Crippen molar-refractivity contribution >= 4 is 11.8 Å². The zero-order valence-electron chi connectivity index (χ0n) is 11.1. The molecule has 0 bridgehead atoms. The SMILES string of the molecule is CC1C(=O)NC(=O)CC1c1cnn(-c2ccccc2)c1. The van der Waals surface area contributed by atoms with Gasteiger partial charge in [-0.25, -0.2) is 4.68 Å². The van der Waals surface area contributed by atoms with Crippen molar-refractivity contribution in [2.75, 3.05) is 0 Å². The van der Waals surface area contributed by atoms with Crippen LogP contribution in [0.5, 0.6) is 0 Å². The summed E-state index contributed by atoms with van der Waals surface area (Å²) in [6.45, 7) is 1.84. The minimum Gasteiger partial charge on any atom is -0.296 e. The maximum Gasteiger partial charge on any atom is 0.230 e. The molecule has 0 saturated carbocycles. The molecule has 2 aromatic rings. The average molecular weight is 269 g/mol. The van der Waals surface area contributed by atoms with E-state index in [0.29, 0.717) is 6.42 Å². The Kier molecular flexibility index (Phi) is 3.10. The zero-order valence-corrected chi connectivity index (χ0v) is 11.1. The van der Waals surface area contributed by atoms with Gasteiger partial charge < -0.3 is 0 Å².